The smallest absolute Gasteiger partial charge is 0.160 e. The van der Waals surface area contributed by atoms with E-state index in [1.54, 1.807) is 0 Å². The largest absolute Gasteiger partial charge is 0.460 e. The zero-order valence-electron chi connectivity index (χ0n) is 13.5. The molecule has 6 heteroatoms. The van der Waals surface area contributed by atoms with Crippen LogP contribution in [0.2, 0.25) is 0 Å². The van der Waals surface area contributed by atoms with Gasteiger partial charge >= 0.3 is 0 Å². The van der Waals surface area contributed by atoms with Gasteiger partial charge < -0.3 is 9.73 Å². The summed E-state index contributed by atoms with van der Waals surface area (Å²) in [6.07, 6.45) is 2.80. The first-order chi connectivity index (χ1) is 12.3. The number of hydrogen-bond acceptors (Lipinski definition) is 4. The topological polar surface area (TPSA) is 55.4 Å². The number of nitrogens with one attached hydrogen (secondary N) is 1. The maximum Gasteiger partial charge on any atom is 0.160 e. The Bertz CT molecular complexity index is 992. The van der Waals surface area contributed by atoms with Gasteiger partial charge in [-0.15, -0.1) is 10.2 Å². The van der Waals surface area contributed by atoms with E-state index >= 15 is 0 Å². The second-order valence-corrected chi connectivity index (χ2v) is 6.57. The Morgan fingerprint density at radius 1 is 1.00 bits per heavy atom. The summed E-state index contributed by atoms with van der Waals surface area (Å²) in [5.41, 5.74) is 1.94. The number of furan rings is 1. The van der Waals surface area contributed by atoms with Gasteiger partial charge in [-0.05, 0) is 30.3 Å². The second-order valence-electron chi connectivity index (χ2n) is 5.72. The van der Waals surface area contributed by atoms with Crippen molar-refractivity contribution in [3.63, 3.8) is 0 Å². The first-order valence-corrected chi connectivity index (χ1v) is 8.93. The molecule has 3 heterocycles. The van der Waals surface area contributed by atoms with Crippen LogP contribution >= 0.6 is 15.9 Å². The van der Waals surface area contributed by atoms with E-state index in [9.17, 15) is 0 Å². The quantitative estimate of drug-likeness (QED) is 0.498. The average molecular weight is 397 g/mol. The molecule has 0 unspecified atom stereocenters. The summed E-state index contributed by atoms with van der Waals surface area (Å²) in [6, 6.07) is 18.0. The number of rotatable bonds is 6. The van der Waals surface area contributed by atoms with Crippen molar-refractivity contribution < 1.29 is 4.42 Å². The van der Waals surface area contributed by atoms with Gasteiger partial charge in [-0.2, -0.15) is 0 Å². The van der Waals surface area contributed by atoms with Crippen LogP contribution in [0, 0.1) is 0 Å². The molecule has 25 heavy (non-hydrogen) atoms. The van der Waals surface area contributed by atoms with Crippen LogP contribution in [-0.2, 0) is 13.0 Å². The highest BCUT2D eigenvalue weighted by atomic mass is 79.9. The highest BCUT2D eigenvalue weighted by Crippen LogP contribution is 2.29. The van der Waals surface area contributed by atoms with E-state index in [-0.39, 0.29) is 0 Å². The lowest BCUT2D eigenvalue weighted by Gasteiger charge is -2.03. The summed E-state index contributed by atoms with van der Waals surface area (Å²) in [4.78, 5) is 0. The van der Waals surface area contributed by atoms with Crippen LogP contribution in [0.4, 0.5) is 0 Å². The Morgan fingerprint density at radius 2 is 1.88 bits per heavy atom. The van der Waals surface area contributed by atoms with Gasteiger partial charge in [-0.25, -0.2) is 0 Å². The number of pyridine rings is 1. The number of fused-ring (bicyclic) bond motifs is 1. The van der Waals surface area contributed by atoms with Crippen LogP contribution in [0.15, 0.2) is 69.7 Å². The molecular formula is C19H17BrN4O. The SMILES string of the molecule is Brc1ccccc1-c1ccc(CNCCc2nnc3ccccn23)o1. The average Bonchev–Trinajstić information content (AvgIpc) is 3.26. The van der Waals surface area contributed by atoms with Gasteiger partial charge in [0.1, 0.15) is 17.3 Å². The van der Waals surface area contributed by atoms with Crippen molar-refractivity contribution in [1.29, 1.82) is 0 Å². The predicted molar refractivity (Wildman–Crippen MR) is 100 cm³/mol. The molecule has 0 spiro atoms. The van der Waals surface area contributed by atoms with E-state index in [1.807, 2.05) is 65.2 Å². The Kier molecular flexibility index (Phi) is 4.63. The van der Waals surface area contributed by atoms with Crippen molar-refractivity contribution >= 4 is 21.6 Å². The van der Waals surface area contributed by atoms with Gasteiger partial charge in [0.15, 0.2) is 5.65 Å². The maximum atomic E-state index is 5.93. The summed E-state index contributed by atoms with van der Waals surface area (Å²) in [7, 11) is 0. The minimum Gasteiger partial charge on any atom is -0.460 e. The summed E-state index contributed by atoms with van der Waals surface area (Å²) in [6.45, 7) is 1.49. The molecule has 0 amide bonds. The molecule has 3 aromatic heterocycles. The zero-order chi connectivity index (χ0) is 17.1. The maximum absolute atomic E-state index is 5.93. The van der Waals surface area contributed by atoms with E-state index in [2.05, 4.69) is 31.4 Å². The van der Waals surface area contributed by atoms with Crippen LogP contribution in [0.1, 0.15) is 11.6 Å². The fourth-order valence-corrected chi connectivity index (χ4v) is 3.23. The first kappa shape index (κ1) is 16.1. The van der Waals surface area contributed by atoms with Gasteiger partial charge in [0.05, 0.1) is 6.54 Å². The third kappa shape index (κ3) is 3.50. The Morgan fingerprint density at radius 3 is 2.80 bits per heavy atom. The van der Waals surface area contributed by atoms with Crippen molar-refractivity contribution in [1.82, 2.24) is 19.9 Å². The van der Waals surface area contributed by atoms with Crippen molar-refractivity contribution in [2.45, 2.75) is 13.0 Å². The van der Waals surface area contributed by atoms with Gasteiger partial charge in [-0.3, -0.25) is 4.40 Å². The van der Waals surface area contributed by atoms with Crippen LogP contribution < -0.4 is 5.32 Å². The van der Waals surface area contributed by atoms with Crippen LogP contribution in [0.3, 0.4) is 0 Å². The number of aromatic nitrogens is 3. The molecule has 1 aromatic carbocycles. The monoisotopic (exact) mass is 396 g/mol. The third-order valence-electron chi connectivity index (χ3n) is 4.01. The van der Waals surface area contributed by atoms with Gasteiger partial charge in [-0.1, -0.05) is 40.2 Å². The summed E-state index contributed by atoms with van der Waals surface area (Å²) in [5, 5.41) is 11.8. The minimum atomic E-state index is 0.682. The van der Waals surface area contributed by atoms with E-state index in [1.165, 1.54) is 0 Å². The number of benzene rings is 1. The molecule has 0 saturated heterocycles. The normalized spacial score (nSPS) is 11.2. The van der Waals surface area contributed by atoms with Crippen molar-refractivity contribution in [3.05, 3.63) is 76.9 Å². The van der Waals surface area contributed by atoms with Gasteiger partial charge in [0, 0.05) is 29.2 Å². The Hall–Kier alpha value is -2.44. The molecule has 0 saturated carbocycles. The van der Waals surface area contributed by atoms with Crippen molar-refractivity contribution in [2.24, 2.45) is 0 Å². The van der Waals surface area contributed by atoms with Crippen molar-refractivity contribution in [2.75, 3.05) is 6.54 Å². The molecule has 0 bridgehead atoms. The molecule has 4 aromatic rings. The standard InChI is InChI=1S/C19H17BrN4O/c20-16-6-2-1-5-15(16)17-9-8-14(25-17)13-21-11-10-19-23-22-18-7-3-4-12-24(18)19/h1-9,12,21H,10-11,13H2. The van der Waals surface area contributed by atoms with Crippen molar-refractivity contribution in [3.8, 4) is 11.3 Å². The third-order valence-corrected chi connectivity index (χ3v) is 4.70. The predicted octanol–water partition coefficient (Wildman–Crippen LogP) is 4.08. The number of halogens is 1. The molecule has 0 radical (unpaired) electrons. The highest BCUT2D eigenvalue weighted by Gasteiger charge is 2.08. The minimum absolute atomic E-state index is 0.682. The van der Waals surface area contributed by atoms with E-state index in [4.69, 9.17) is 4.42 Å². The lowest BCUT2D eigenvalue weighted by Crippen LogP contribution is -2.17. The molecule has 0 fully saturated rings. The first-order valence-electron chi connectivity index (χ1n) is 8.14. The Labute approximate surface area is 153 Å². The second kappa shape index (κ2) is 7.21. The molecule has 1 N–H and O–H groups in total. The van der Waals surface area contributed by atoms with Gasteiger partial charge in [0.25, 0.3) is 0 Å². The fraction of sp³-hybridized carbons (Fsp3) is 0.158. The molecule has 4 rings (SSSR count). The summed E-state index contributed by atoms with van der Waals surface area (Å²) in [5.74, 6) is 2.74. The molecule has 0 aliphatic heterocycles. The molecular weight excluding hydrogens is 380 g/mol. The number of nitrogens with zero attached hydrogens (tertiary/aromatic N) is 3. The molecule has 5 nitrogen and oxygen atoms in total. The lowest BCUT2D eigenvalue weighted by molar-refractivity contribution is 0.493. The van der Waals surface area contributed by atoms with E-state index < -0.39 is 0 Å². The lowest BCUT2D eigenvalue weighted by atomic mass is 10.2. The molecule has 0 aliphatic rings. The number of hydrogen-bond donors (Lipinski definition) is 1. The summed E-state index contributed by atoms with van der Waals surface area (Å²) < 4.78 is 8.98. The van der Waals surface area contributed by atoms with E-state index in [0.29, 0.717) is 6.54 Å². The van der Waals surface area contributed by atoms with Crippen LogP contribution in [0.25, 0.3) is 17.0 Å². The van der Waals surface area contributed by atoms with Crippen LogP contribution in [0.5, 0.6) is 0 Å². The molecule has 0 aliphatic carbocycles. The fourth-order valence-electron chi connectivity index (χ4n) is 2.75. The van der Waals surface area contributed by atoms with E-state index in [0.717, 1.165) is 46.0 Å². The molecule has 126 valence electrons. The highest BCUT2D eigenvalue weighted by molar-refractivity contribution is 9.10. The van der Waals surface area contributed by atoms with Crippen LogP contribution in [-0.4, -0.2) is 21.1 Å². The Balaban J connectivity index is 1.34. The summed E-state index contributed by atoms with van der Waals surface area (Å²) >= 11 is 3.56. The van der Waals surface area contributed by atoms with Gasteiger partial charge in [0.2, 0.25) is 0 Å². The zero-order valence-corrected chi connectivity index (χ0v) is 15.1. The molecule has 0 atom stereocenters.